The van der Waals surface area contributed by atoms with Crippen molar-refractivity contribution in [2.45, 2.75) is 102 Å². The highest BCUT2D eigenvalue weighted by molar-refractivity contribution is 7.91. The smallest absolute Gasteiger partial charge is 0.408 e. The number of ether oxygens (including phenoxy) is 3. The second-order valence-corrected chi connectivity index (χ2v) is 17.4. The van der Waals surface area contributed by atoms with Crippen molar-refractivity contribution in [3.8, 4) is 11.6 Å². The predicted molar refractivity (Wildman–Crippen MR) is 185 cm³/mol. The molecule has 5 rings (SSSR count). The molecule has 1 saturated heterocycles. The normalized spacial score (nSPS) is 23.9. The lowest BCUT2D eigenvalue weighted by Crippen LogP contribution is -2.60. The van der Waals surface area contributed by atoms with Crippen LogP contribution in [0.3, 0.4) is 0 Å². The van der Waals surface area contributed by atoms with Gasteiger partial charge in [0, 0.05) is 17.7 Å². The van der Waals surface area contributed by atoms with Crippen LogP contribution in [-0.4, -0.2) is 90.3 Å². The molecule has 278 valence electrons. The number of aromatic nitrogens is 1. The molecule has 0 bridgehead atoms. The third-order valence-electron chi connectivity index (χ3n) is 9.15. The summed E-state index contributed by atoms with van der Waals surface area (Å²) in [6.45, 7) is 13.9. The van der Waals surface area contributed by atoms with Crippen LogP contribution < -0.4 is 24.8 Å². The quantitative estimate of drug-likeness (QED) is 0.290. The van der Waals surface area contributed by atoms with E-state index < -0.39 is 85.6 Å². The molecule has 14 nitrogen and oxygen atoms in total. The molecule has 2 aromatic rings. The second kappa shape index (κ2) is 13.6. The van der Waals surface area contributed by atoms with Crippen LogP contribution in [0, 0.1) is 17.2 Å². The fraction of sp³-hybridized carbons (Fsp3) is 0.571. The van der Waals surface area contributed by atoms with Crippen molar-refractivity contribution in [2.24, 2.45) is 11.3 Å². The zero-order valence-corrected chi connectivity index (χ0v) is 30.7. The monoisotopic (exact) mass is 731 g/mol. The van der Waals surface area contributed by atoms with Gasteiger partial charge in [0.1, 0.15) is 40.9 Å². The predicted octanol–water partition coefficient (Wildman–Crippen LogP) is 3.34. The molecular formula is C35H46FN5O9S. The number of carbonyl (C=O) groups is 4. The first-order valence-corrected chi connectivity index (χ1v) is 18.3. The van der Waals surface area contributed by atoms with E-state index in [-0.39, 0.29) is 25.3 Å². The molecule has 2 heterocycles. The van der Waals surface area contributed by atoms with Gasteiger partial charge >= 0.3 is 6.09 Å². The highest BCUT2D eigenvalue weighted by Gasteiger charge is 2.62. The van der Waals surface area contributed by atoms with Gasteiger partial charge in [-0.05, 0) is 63.6 Å². The van der Waals surface area contributed by atoms with Gasteiger partial charge in [-0.2, -0.15) is 0 Å². The SMILES string of the molecule is C=C[C@@H]1C[C@]1(NC(=O)[C@@H]1C[C@@H](Oc2ncc(OC)c3ccc(F)cc23)CN1C(=O)[C@@H](NC(=O)OC(C)(C)C)C(C)(C)C)C(=O)NS(=O)(=O)C1CC1. The van der Waals surface area contributed by atoms with Gasteiger partial charge in [-0.25, -0.2) is 22.6 Å². The molecule has 0 radical (unpaired) electrons. The molecule has 2 saturated carbocycles. The maximum atomic E-state index is 14.4. The molecule has 2 aliphatic carbocycles. The summed E-state index contributed by atoms with van der Waals surface area (Å²) in [6, 6.07) is 1.63. The summed E-state index contributed by atoms with van der Waals surface area (Å²) in [7, 11) is -2.48. The Kier molecular flexibility index (Phi) is 10.1. The molecule has 0 spiro atoms. The molecule has 3 aliphatic rings. The van der Waals surface area contributed by atoms with Crippen LogP contribution in [0.25, 0.3) is 10.8 Å². The zero-order valence-electron chi connectivity index (χ0n) is 29.9. The van der Waals surface area contributed by atoms with Crippen LogP contribution in [0.2, 0.25) is 0 Å². The Bertz CT molecular complexity index is 1850. The Labute approximate surface area is 296 Å². The molecule has 1 aliphatic heterocycles. The first-order valence-electron chi connectivity index (χ1n) is 16.8. The van der Waals surface area contributed by atoms with Gasteiger partial charge < -0.3 is 29.7 Å². The van der Waals surface area contributed by atoms with Gasteiger partial charge in [-0.3, -0.25) is 19.1 Å². The lowest BCUT2D eigenvalue weighted by molar-refractivity contribution is -0.143. The third kappa shape index (κ3) is 8.21. The van der Waals surface area contributed by atoms with Gasteiger partial charge in [-0.1, -0.05) is 26.8 Å². The third-order valence-corrected chi connectivity index (χ3v) is 11.0. The molecule has 3 N–H and O–H groups in total. The number of likely N-dealkylation sites (tertiary alicyclic amines) is 1. The van der Waals surface area contributed by atoms with Crippen molar-refractivity contribution in [1.29, 1.82) is 0 Å². The number of hydrogen-bond donors (Lipinski definition) is 3. The topological polar surface area (TPSA) is 182 Å². The number of sulfonamides is 1. The highest BCUT2D eigenvalue weighted by atomic mass is 32.2. The van der Waals surface area contributed by atoms with Crippen molar-refractivity contribution in [2.75, 3.05) is 13.7 Å². The van der Waals surface area contributed by atoms with Gasteiger partial charge in [-0.15, -0.1) is 6.58 Å². The number of hydrogen-bond acceptors (Lipinski definition) is 10. The van der Waals surface area contributed by atoms with Crippen LogP contribution in [0.5, 0.6) is 11.6 Å². The van der Waals surface area contributed by atoms with Crippen molar-refractivity contribution in [3.63, 3.8) is 0 Å². The van der Waals surface area contributed by atoms with E-state index in [1.165, 1.54) is 42.5 Å². The summed E-state index contributed by atoms with van der Waals surface area (Å²) in [6.07, 6.45) is 2.09. The maximum absolute atomic E-state index is 14.4. The lowest BCUT2D eigenvalue weighted by atomic mass is 9.85. The fourth-order valence-electron chi connectivity index (χ4n) is 6.21. The van der Waals surface area contributed by atoms with Crippen LogP contribution in [0.15, 0.2) is 37.1 Å². The van der Waals surface area contributed by atoms with E-state index in [1.807, 2.05) is 0 Å². The number of halogens is 1. The molecule has 51 heavy (non-hydrogen) atoms. The van der Waals surface area contributed by atoms with E-state index in [9.17, 15) is 32.0 Å². The number of nitrogens with one attached hydrogen (secondary N) is 3. The number of amides is 4. The molecular weight excluding hydrogens is 685 g/mol. The first-order chi connectivity index (χ1) is 23.7. The number of pyridine rings is 1. The Morgan fingerprint density at radius 1 is 1.12 bits per heavy atom. The summed E-state index contributed by atoms with van der Waals surface area (Å²) in [4.78, 5) is 60.5. The number of benzene rings is 1. The Morgan fingerprint density at radius 3 is 2.37 bits per heavy atom. The van der Waals surface area contributed by atoms with Gasteiger partial charge in [0.15, 0.2) is 0 Å². The largest absolute Gasteiger partial charge is 0.494 e. The number of alkyl carbamates (subject to hydrolysis) is 1. The van der Waals surface area contributed by atoms with Crippen LogP contribution in [0.1, 0.15) is 67.2 Å². The highest BCUT2D eigenvalue weighted by Crippen LogP contribution is 2.45. The van der Waals surface area contributed by atoms with E-state index in [4.69, 9.17) is 14.2 Å². The van der Waals surface area contributed by atoms with Gasteiger partial charge in [0.25, 0.3) is 5.91 Å². The van der Waals surface area contributed by atoms with Crippen LogP contribution in [-0.2, 0) is 29.1 Å². The Morgan fingerprint density at radius 2 is 1.80 bits per heavy atom. The molecule has 1 aromatic heterocycles. The van der Waals surface area contributed by atoms with E-state index in [2.05, 4.69) is 26.9 Å². The second-order valence-electron chi connectivity index (χ2n) is 15.4. The zero-order chi connectivity index (χ0) is 37.7. The summed E-state index contributed by atoms with van der Waals surface area (Å²) >= 11 is 0. The minimum absolute atomic E-state index is 0.0399. The average molecular weight is 732 g/mol. The van der Waals surface area contributed by atoms with E-state index in [0.29, 0.717) is 29.4 Å². The standard InChI is InChI=1S/C35H46FN5O9S/c1-9-19-16-35(19,31(44)40-51(46,47)22-11-12-22)39-28(42)25-15-21(49-29-24-14-20(36)10-13-23(24)26(48-8)17-37-29)18-41(25)30(43)27(33(2,3)4)38-32(45)50-34(5,6)7/h9-10,13-14,17,19,21-22,25,27H,1,11-12,15-16,18H2,2-8H3,(H,38,45)(H,39,42)(H,40,44)/t19-,21-,25+,27-,35-/m1/s1. The molecule has 0 unspecified atom stereocenters. The minimum atomic E-state index is -3.93. The average Bonchev–Trinajstić information content (AvgIpc) is 3.95. The summed E-state index contributed by atoms with van der Waals surface area (Å²) in [5, 5.41) is 5.55. The molecule has 4 amide bonds. The first kappa shape index (κ1) is 37.8. The van der Waals surface area contributed by atoms with E-state index >= 15 is 0 Å². The van der Waals surface area contributed by atoms with Crippen molar-refractivity contribution in [1.82, 2.24) is 25.2 Å². The van der Waals surface area contributed by atoms with Crippen molar-refractivity contribution in [3.05, 3.63) is 42.9 Å². The number of fused-ring (bicyclic) bond motifs is 1. The molecule has 16 heteroatoms. The van der Waals surface area contributed by atoms with Gasteiger partial charge in [0.05, 0.1) is 30.5 Å². The molecule has 1 aromatic carbocycles. The van der Waals surface area contributed by atoms with Crippen LogP contribution >= 0.6 is 0 Å². The van der Waals surface area contributed by atoms with Crippen molar-refractivity contribution >= 4 is 44.6 Å². The van der Waals surface area contributed by atoms with E-state index in [1.54, 1.807) is 41.5 Å². The van der Waals surface area contributed by atoms with Gasteiger partial charge in [0.2, 0.25) is 27.7 Å². The maximum Gasteiger partial charge on any atom is 0.408 e. The lowest BCUT2D eigenvalue weighted by Gasteiger charge is -2.36. The van der Waals surface area contributed by atoms with Crippen LogP contribution in [0.4, 0.5) is 9.18 Å². The molecule has 3 fully saturated rings. The molecule has 5 atom stereocenters. The van der Waals surface area contributed by atoms with Crippen molar-refractivity contribution < 1.29 is 46.2 Å². The Balaban J connectivity index is 1.46. The fourth-order valence-corrected chi connectivity index (χ4v) is 7.58. The number of rotatable bonds is 11. The number of carbonyl (C=O) groups excluding carboxylic acids is 4. The summed E-state index contributed by atoms with van der Waals surface area (Å²) < 4.78 is 58.9. The minimum Gasteiger partial charge on any atom is -0.494 e. The summed E-state index contributed by atoms with van der Waals surface area (Å²) in [5.74, 6) is -2.92. The Hall–Kier alpha value is -4.47. The number of methoxy groups -OCH3 is 1. The van der Waals surface area contributed by atoms with E-state index in [0.717, 1.165) is 0 Å². The summed E-state index contributed by atoms with van der Waals surface area (Å²) in [5.41, 5.74) is -3.31. The number of nitrogens with zero attached hydrogens (tertiary/aromatic N) is 2.